The van der Waals surface area contributed by atoms with Crippen LogP contribution < -0.4 is 0 Å². The van der Waals surface area contributed by atoms with E-state index in [-0.39, 0.29) is 11.6 Å². The van der Waals surface area contributed by atoms with Crippen molar-refractivity contribution < 1.29 is 9.18 Å². The van der Waals surface area contributed by atoms with Crippen LogP contribution in [0, 0.1) is 5.82 Å². The van der Waals surface area contributed by atoms with Crippen LogP contribution in [0.5, 0.6) is 0 Å². The zero-order valence-corrected chi connectivity index (χ0v) is 9.01. The monoisotopic (exact) mass is 217 g/mol. The highest BCUT2D eigenvalue weighted by Crippen LogP contribution is 2.36. The molecule has 1 aliphatic carbocycles. The first-order chi connectivity index (χ1) is 7.68. The third-order valence-corrected chi connectivity index (χ3v) is 3.39. The van der Waals surface area contributed by atoms with E-state index in [1.165, 1.54) is 6.07 Å². The number of Topliss-reactive ketones (excluding diaryl/α,β-unsaturated/α-hetero) is 1. The minimum Gasteiger partial charge on any atom is -0.355 e. The molecule has 1 aromatic carbocycles. The number of ketones is 1. The number of hydrogen-bond donors (Lipinski definition) is 1. The molecule has 1 unspecified atom stereocenters. The fourth-order valence-corrected chi connectivity index (χ4v) is 2.49. The summed E-state index contributed by atoms with van der Waals surface area (Å²) in [5.74, 6) is 0.149. The number of H-pyrrole nitrogens is 1. The van der Waals surface area contributed by atoms with Crippen molar-refractivity contribution in [1.29, 1.82) is 0 Å². The SMILES string of the molecule is CC1CCC(=O)c2c1[nH]c1c(F)cccc21. The number of fused-ring (bicyclic) bond motifs is 3. The number of para-hydroxylation sites is 1. The lowest BCUT2D eigenvalue weighted by Gasteiger charge is -2.17. The van der Waals surface area contributed by atoms with E-state index < -0.39 is 0 Å². The van der Waals surface area contributed by atoms with E-state index in [2.05, 4.69) is 11.9 Å². The van der Waals surface area contributed by atoms with Crippen LogP contribution in [0.1, 0.15) is 41.7 Å². The molecule has 1 heterocycles. The van der Waals surface area contributed by atoms with Gasteiger partial charge in [0.2, 0.25) is 0 Å². The van der Waals surface area contributed by atoms with Gasteiger partial charge in [-0.2, -0.15) is 0 Å². The normalized spacial score (nSPS) is 20.1. The Kier molecular flexibility index (Phi) is 1.90. The molecule has 0 aliphatic heterocycles. The Bertz CT molecular complexity index is 585. The summed E-state index contributed by atoms with van der Waals surface area (Å²) in [6.07, 6.45) is 1.41. The van der Waals surface area contributed by atoms with Crippen molar-refractivity contribution in [3.05, 3.63) is 35.3 Å². The summed E-state index contributed by atoms with van der Waals surface area (Å²) in [7, 11) is 0. The zero-order chi connectivity index (χ0) is 11.3. The van der Waals surface area contributed by atoms with Crippen molar-refractivity contribution >= 4 is 16.7 Å². The predicted octanol–water partition coefficient (Wildman–Crippen LogP) is 3.39. The van der Waals surface area contributed by atoms with Gasteiger partial charge < -0.3 is 4.98 Å². The second-order valence-electron chi connectivity index (χ2n) is 4.44. The second-order valence-corrected chi connectivity index (χ2v) is 4.44. The molecule has 0 radical (unpaired) electrons. The highest BCUT2D eigenvalue weighted by atomic mass is 19.1. The smallest absolute Gasteiger partial charge is 0.165 e. The van der Waals surface area contributed by atoms with Gasteiger partial charge >= 0.3 is 0 Å². The maximum Gasteiger partial charge on any atom is 0.165 e. The molecular formula is C13H12FNO. The van der Waals surface area contributed by atoms with Gasteiger partial charge in [0.25, 0.3) is 0 Å². The molecule has 0 spiro atoms. The average molecular weight is 217 g/mol. The van der Waals surface area contributed by atoms with E-state index in [0.29, 0.717) is 23.4 Å². The quantitative estimate of drug-likeness (QED) is 0.720. The van der Waals surface area contributed by atoms with Gasteiger partial charge in [-0.15, -0.1) is 0 Å². The lowest BCUT2D eigenvalue weighted by atomic mass is 9.87. The number of rotatable bonds is 0. The standard InChI is InChI=1S/C13H12FNO/c1-7-5-6-10(16)11-8-3-2-4-9(14)13(8)15-12(7)11/h2-4,7,15H,5-6H2,1H3. The van der Waals surface area contributed by atoms with Crippen LogP contribution in [0.15, 0.2) is 18.2 Å². The Hall–Kier alpha value is -1.64. The number of benzene rings is 1. The van der Waals surface area contributed by atoms with Crippen LogP contribution in [-0.2, 0) is 0 Å². The Morgan fingerprint density at radius 2 is 2.25 bits per heavy atom. The molecule has 2 aromatic rings. The number of carbonyl (C=O) groups excluding carboxylic acids is 1. The van der Waals surface area contributed by atoms with Crippen molar-refractivity contribution in [2.45, 2.75) is 25.7 Å². The van der Waals surface area contributed by atoms with E-state index in [1.54, 1.807) is 6.07 Å². The Morgan fingerprint density at radius 3 is 3.06 bits per heavy atom. The number of nitrogens with one attached hydrogen (secondary N) is 1. The summed E-state index contributed by atoms with van der Waals surface area (Å²) in [6.45, 7) is 2.07. The van der Waals surface area contributed by atoms with Crippen LogP contribution in [0.2, 0.25) is 0 Å². The van der Waals surface area contributed by atoms with Crippen molar-refractivity contribution in [2.24, 2.45) is 0 Å². The van der Waals surface area contributed by atoms with Gasteiger partial charge in [-0.1, -0.05) is 19.1 Å². The number of carbonyl (C=O) groups is 1. The molecule has 16 heavy (non-hydrogen) atoms. The molecule has 3 rings (SSSR count). The molecule has 1 aromatic heterocycles. The number of aromatic amines is 1. The Labute approximate surface area is 92.5 Å². The first-order valence-corrected chi connectivity index (χ1v) is 5.51. The molecule has 3 heteroatoms. The summed E-state index contributed by atoms with van der Waals surface area (Å²) in [5, 5.41) is 0.728. The summed E-state index contributed by atoms with van der Waals surface area (Å²) >= 11 is 0. The van der Waals surface area contributed by atoms with E-state index in [1.807, 2.05) is 6.07 Å². The number of halogens is 1. The molecule has 0 saturated heterocycles. The topological polar surface area (TPSA) is 32.9 Å². The van der Waals surface area contributed by atoms with E-state index in [4.69, 9.17) is 0 Å². The summed E-state index contributed by atoms with van der Waals surface area (Å²) in [4.78, 5) is 14.9. The molecule has 82 valence electrons. The third-order valence-electron chi connectivity index (χ3n) is 3.39. The van der Waals surface area contributed by atoms with E-state index >= 15 is 0 Å². The van der Waals surface area contributed by atoms with E-state index in [9.17, 15) is 9.18 Å². The summed E-state index contributed by atoms with van der Waals surface area (Å²) in [6, 6.07) is 4.88. The highest BCUT2D eigenvalue weighted by Gasteiger charge is 2.27. The maximum atomic E-state index is 13.6. The molecule has 0 saturated carbocycles. The molecule has 0 amide bonds. The number of aromatic nitrogens is 1. The minimum absolute atomic E-state index is 0.130. The van der Waals surface area contributed by atoms with Gasteiger partial charge in [0.15, 0.2) is 5.78 Å². The number of hydrogen-bond acceptors (Lipinski definition) is 1. The Morgan fingerprint density at radius 1 is 1.44 bits per heavy atom. The third kappa shape index (κ3) is 1.14. The lowest BCUT2D eigenvalue weighted by Crippen LogP contribution is -2.12. The first-order valence-electron chi connectivity index (χ1n) is 5.51. The summed E-state index contributed by atoms with van der Waals surface area (Å²) < 4.78 is 13.6. The van der Waals surface area contributed by atoms with Gasteiger partial charge in [-0.3, -0.25) is 4.79 Å². The van der Waals surface area contributed by atoms with Gasteiger partial charge in [0.05, 0.1) is 5.52 Å². The van der Waals surface area contributed by atoms with Gasteiger partial charge in [0.1, 0.15) is 5.82 Å². The van der Waals surface area contributed by atoms with Crippen LogP contribution in [-0.4, -0.2) is 10.8 Å². The molecule has 1 atom stereocenters. The second kappa shape index (κ2) is 3.17. The minimum atomic E-state index is -0.285. The zero-order valence-electron chi connectivity index (χ0n) is 9.01. The predicted molar refractivity (Wildman–Crippen MR) is 60.2 cm³/mol. The largest absolute Gasteiger partial charge is 0.355 e. The fourth-order valence-electron chi connectivity index (χ4n) is 2.49. The molecule has 2 nitrogen and oxygen atoms in total. The molecule has 0 bridgehead atoms. The van der Waals surface area contributed by atoms with Crippen molar-refractivity contribution in [3.63, 3.8) is 0 Å². The fraction of sp³-hybridized carbons (Fsp3) is 0.308. The maximum absolute atomic E-state index is 13.6. The first kappa shape index (κ1) is 9.58. The molecule has 1 aliphatic rings. The van der Waals surface area contributed by atoms with Crippen molar-refractivity contribution in [2.75, 3.05) is 0 Å². The van der Waals surface area contributed by atoms with Crippen LogP contribution in [0.25, 0.3) is 10.9 Å². The average Bonchev–Trinajstić information content (AvgIpc) is 2.66. The molecule has 1 N–H and O–H groups in total. The van der Waals surface area contributed by atoms with Crippen molar-refractivity contribution in [3.8, 4) is 0 Å². The van der Waals surface area contributed by atoms with Gasteiger partial charge in [0, 0.05) is 23.1 Å². The van der Waals surface area contributed by atoms with Gasteiger partial charge in [-0.25, -0.2) is 4.39 Å². The van der Waals surface area contributed by atoms with E-state index in [0.717, 1.165) is 17.5 Å². The highest BCUT2D eigenvalue weighted by molar-refractivity contribution is 6.10. The van der Waals surface area contributed by atoms with Crippen molar-refractivity contribution in [1.82, 2.24) is 4.98 Å². The summed E-state index contributed by atoms with van der Waals surface area (Å²) in [5.41, 5.74) is 2.07. The van der Waals surface area contributed by atoms with Crippen LogP contribution >= 0.6 is 0 Å². The molecular weight excluding hydrogens is 205 g/mol. The molecule has 0 fully saturated rings. The van der Waals surface area contributed by atoms with Crippen LogP contribution in [0.4, 0.5) is 4.39 Å². The Balaban J connectivity index is 2.41. The van der Waals surface area contributed by atoms with Crippen LogP contribution in [0.3, 0.4) is 0 Å². The lowest BCUT2D eigenvalue weighted by molar-refractivity contribution is 0.0969. The van der Waals surface area contributed by atoms with Gasteiger partial charge in [-0.05, 0) is 18.4 Å².